The first-order valence-electron chi connectivity index (χ1n) is 7.00. The first kappa shape index (κ1) is 12.7. The van der Waals surface area contributed by atoms with E-state index in [1.54, 1.807) is 18.2 Å². The summed E-state index contributed by atoms with van der Waals surface area (Å²) in [7, 11) is 0. The zero-order chi connectivity index (χ0) is 14.8. The zero-order valence-electron chi connectivity index (χ0n) is 11.5. The van der Waals surface area contributed by atoms with Crippen molar-refractivity contribution in [1.82, 2.24) is 0 Å². The van der Waals surface area contributed by atoms with Gasteiger partial charge in [-0.05, 0) is 24.6 Å². The van der Waals surface area contributed by atoms with Gasteiger partial charge in [0.2, 0.25) is 11.8 Å². The third kappa shape index (κ3) is 1.47. The lowest BCUT2D eigenvalue weighted by atomic mass is 9.77. The molecule has 108 valence electrons. The largest absolute Gasteiger partial charge is 0.393 e. The molecule has 2 fully saturated rings. The van der Waals surface area contributed by atoms with Gasteiger partial charge in [-0.2, -0.15) is 0 Å². The van der Waals surface area contributed by atoms with Crippen LogP contribution in [-0.4, -0.2) is 35.2 Å². The van der Waals surface area contributed by atoms with E-state index in [-0.39, 0.29) is 18.4 Å². The second-order valence-corrected chi connectivity index (χ2v) is 5.91. The van der Waals surface area contributed by atoms with Gasteiger partial charge in [0, 0.05) is 0 Å². The first-order valence-corrected chi connectivity index (χ1v) is 7.00. The summed E-state index contributed by atoms with van der Waals surface area (Å²) < 4.78 is 5.70. The molecule has 2 amide bonds. The van der Waals surface area contributed by atoms with Crippen LogP contribution >= 0.6 is 0 Å². The van der Waals surface area contributed by atoms with Gasteiger partial charge in [0.05, 0.1) is 30.2 Å². The van der Waals surface area contributed by atoms with Crippen molar-refractivity contribution in [1.29, 1.82) is 0 Å². The summed E-state index contributed by atoms with van der Waals surface area (Å²) in [6, 6.07) is 7.31. The van der Waals surface area contributed by atoms with Crippen LogP contribution < -0.4 is 4.90 Å². The van der Waals surface area contributed by atoms with Crippen LogP contribution in [0, 0.1) is 18.8 Å². The van der Waals surface area contributed by atoms with Crippen LogP contribution in [0.15, 0.2) is 36.4 Å². The number of fused-ring (bicyclic) bond motifs is 5. The maximum absolute atomic E-state index is 12.7. The molecule has 0 spiro atoms. The quantitative estimate of drug-likeness (QED) is 0.645. The van der Waals surface area contributed by atoms with E-state index >= 15 is 0 Å². The highest BCUT2D eigenvalue weighted by molar-refractivity contribution is 6.23. The summed E-state index contributed by atoms with van der Waals surface area (Å²) >= 11 is 0. The van der Waals surface area contributed by atoms with Crippen molar-refractivity contribution < 1.29 is 19.4 Å². The van der Waals surface area contributed by atoms with Crippen molar-refractivity contribution in [2.24, 2.45) is 11.8 Å². The van der Waals surface area contributed by atoms with Gasteiger partial charge in [0.25, 0.3) is 0 Å². The van der Waals surface area contributed by atoms with Gasteiger partial charge < -0.3 is 9.84 Å². The number of hydrogen-bond acceptors (Lipinski definition) is 4. The van der Waals surface area contributed by atoms with Gasteiger partial charge in [-0.1, -0.05) is 24.3 Å². The summed E-state index contributed by atoms with van der Waals surface area (Å²) in [5.41, 5.74) is 0.548. The van der Waals surface area contributed by atoms with Crippen molar-refractivity contribution in [2.45, 2.75) is 18.6 Å². The summed E-state index contributed by atoms with van der Waals surface area (Å²) in [4.78, 5) is 26.7. The molecule has 21 heavy (non-hydrogen) atoms. The normalized spacial score (nSPS) is 36.7. The first-order chi connectivity index (χ1) is 10.1. The molecule has 1 aromatic carbocycles. The second kappa shape index (κ2) is 4.02. The molecule has 0 saturated carbocycles. The Balaban J connectivity index is 1.79. The summed E-state index contributed by atoms with van der Waals surface area (Å²) in [6.07, 6.45) is 3.10. The monoisotopic (exact) mass is 285 g/mol. The Morgan fingerprint density at radius 1 is 1.33 bits per heavy atom. The number of nitrogens with zero attached hydrogens (tertiary/aromatic N) is 1. The number of imide groups is 1. The van der Waals surface area contributed by atoms with Crippen molar-refractivity contribution in [2.75, 3.05) is 11.5 Å². The molecule has 4 atom stereocenters. The van der Waals surface area contributed by atoms with Crippen molar-refractivity contribution in [3.05, 3.63) is 42.0 Å². The fourth-order valence-corrected chi connectivity index (χ4v) is 3.71. The number of rotatable bonds is 2. The Bertz CT molecular complexity index is 683. The topological polar surface area (TPSA) is 66.8 Å². The van der Waals surface area contributed by atoms with E-state index in [1.807, 2.05) is 25.1 Å². The van der Waals surface area contributed by atoms with E-state index in [9.17, 15) is 14.7 Å². The van der Waals surface area contributed by atoms with Gasteiger partial charge >= 0.3 is 0 Å². The molecule has 4 rings (SSSR count). The van der Waals surface area contributed by atoms with E-state index in [1.165, 1.54) is 4.90 Å². The lowest BCUT2D eigenvalue weighted by Gasteiger charge is -2.26. The molecule has 3 aliphatic rings. The average Bonchev–Trinajstić information content (AvgIpc) is 3.10. The molecule has 1 aromatic rings. The predicted molar refractivity (Wildman–Crippen MR) is 74.5 cm³/mol. The maximum atomic E-state index is 12.7. The minimum atomic E-state index is -1.03. The molecule has 2 bridgehead atoms. The molecular formula is C16H15NO4. The van der Waals surface area contributed by atoms with E-state index in [0.29, 0.717) is 5.69 Å². The summed E-state index contributed by atoms with van der Waals surface area (Å²) in [5, 5.41) is 9.64. The molecule has 5 nitrogen and oxygen atoms in total. The smallest absolute Gasteiger partial charge is 0.241 e. The van der Waals surface area contributed by atoms with Crippen molar-refractivity contribution in [3.63, 3.8) is 0 Å². The second-order valence-electron chi connectivity index (χ2n) is 5.91. The molecule has 0 aliphatic carbocycles. The van der Waals surface area contributed by atoms with Crippen LogP contribution in [0.1, 0.15) is 5.56 Å². The number of aliphatic hydroxyl groups excluding tert-OH is 1. The van der Waals surface area contributed by atoms with Gasteiger partial charge in [0.1, 0.15) is 5.60 Å². The van der Waals surface area contributed by atoms with Crippen LogP contribution in [0.25, 0.3) is 0 Å². The van der Waals surface area contributed by atoms with E-state index in [2.05, 4.69) is 0 Å². The maximum Gasteiger partial charge on any atom is 0.241 e. The van der Waals surface area contributed by atoms with Crippen molar-refractivity contribution in [3.8, 4) is 0 Å². The summed E-state index contributed by atoms with van der Waals surface area (Å²) in [6.45, 7) is 1.63. The highest BCUT2D eigenvalue weighted by Crippen LogP contribution is 2.52. The predicted octanol–water partition coefficient (Wildman–Crippen LogP) is 0.800. The molecule has 5 heteroatoms. The number of aryl methyl sites for hydroxylation is 1. The standard InChI is InChI=1S/C16H15NO4/c1-9-3-2-4-10(7-9)17-14(19)12-11-5-6-16(8-18,21-11)13(12)15(17)20/h2-7,11-13,18H,8H2,1H3/t11-,12-,13+,16-/m1/s1. The van der Waals surface area contributed by atoms with Crippen LogP contribution in [0.5, 0.6) is 0 Å². The third-order valence-electron chi connectivity index (χ3n) is 4.66. The number of hydrogen-bond donors (Lipinski definition) is 1. The van der Waals surface area contributed by atoms with Crippen molar-refractivity contribution >= 4 is 17.5 Å². The van der Waals surface area contributed by atoms with Gasteiger partial charge in [-0.3, -0.25) is 9.59 Å². The number of aliphatic hydroxyl groups is 1. The highest BCUT2D eigenvalue weighted by Gasteiger charge is 2.67. The molecule has 3 heterocycles. The number of benzene rings is 1. The van der Waals surface area contributed by atoms with E-state index < -0.39 is 23.5 Å². The molecule has 3 aliphatic heterocycles. The molecule has 0 radical (unpaired) electrons. The van der Waals surface area contributed by atoms with Gasteiger partial charge in [-0.25, -0.2) is 4.90 Å². The molecule has 0 unspecified atom stereocenters. The third-order valence-corrected chi connectivity index (χ3v) is 4.66. The SMILES string of the molecule is Cc1cccc(N2C(=O)[C@H]3[C@@H](C2=O)[C@]2(CO)C=C[C@H]3O2)c1. The summed E-state index contributed by atoms with van der Waals surface area (Å²) in [5.74, 6) is -1.66. The lowest BCUT2D eigenvalue weighted by Crippen LogP contribution is -2.43. The number of carbonyl (C=O) groups is 2. The zero-order valence-corrected chi connectivity index (χ0v) is 11.5. The Morgan fingerprint density at radius 3 is 2.86 bits per heavy atom. The van der Waals surface area contributed by atoms with E-state index in [4.69, 9.17) is 4.74 Å². The Labute approximate surface area is 121 Å². The Hall–Kier alpha value is -1.98. The number of amides is 2. The number of carbonyl (C=O) groups excluding carboxylic acids is 2. The molecular weight excluding hydrogens is 270 g/mol. The molecule has 2 saturated heterocycles. The minimum absolute atomic E-state index is 0.236. The highest BCUT2D eigenvalue weighted by atomic mass is 16.5. The van der Waals surface area contributed by atoms with Crippen LogP contribution in [0.4, 0.5) is 5.69 Å². The lowest BCUT2D eigenvalue weighted by molar-refractivity contribution is -0.128. The number of anilines is 1. The van der Waals surface area contributed by atoms with Gasteiger partial charge in [0.15, 0.2) is 0 Å². The van der Waals surface area contributed by atoms with Crippen LogP contribution in [0.2, 0.25) is 0 Å². The van der Waals surface area contributed by atoms with Crippen LogP contribution in [-0.2, 0) is 14.3 Å². The fraction of sp³-hybridized carbons (Fsp3) is 0.375. The Morgan fingerprint density at radius 2 is 2.14 bits per heavy atom. The molecule has 0 aromatic heterocycles. The number of ether oxygens (including phenoxy) is 1. The average molecular weight is 285 g/mol. The Kier molecular flexibility index (Phi) is 2.44. The molecule has 1 N–H and O–H groups in total. The van der Waals surface area contributed by atoms with E-state index in [0.717, 1.165) is 5.56 Å². The van der Waals surface area contributed by atoms with Crippen LogP contribution in [0.3, 0.4) is 0 Å². The fourth-order valence-electron chi connectivity index (χ4n) is 3.71. The minimum Gasteiger partial charge on any atom is -0.393 e. The van der Waals surface area contributed by atoms with Gasteiger partial charge in [-0.15, -0.1) is 0 Å².